The molecule has 1 fully saturated rings. The van der Waals surface area contributed by atoms with Crippen LogP contribution in [0.4, 0.5) is 17.3 Å². The number of benzene rings is 1. The number of anilines is 3. The Morgan fingerprint density at radius 3 is 2.50 bits per heavy atom. The van der Waals surface area contributed by atoms with E-state index in [1.54, 1.807) is 6.20 Å². The van der Waals surface area contributed by atoms with E-state index in [9.17, 15) is 0 Å². The number of piperazine rings is 1. The second-order valence-electron chi connectivity index (χ2n) is 6.98. The Morgan fingerprint density at radius 1 is 0.967 bits per heavy atom. The summed E-state index contributed by atoms with van der Waals surface area (Å²) >= 11 is 0. The fourth-order valence-electron chi connectivity index (χ4n) is 3.45. The largest absolute Gasteiger partial charge is 0.369 e. The molecule has 0 atom stereocenters. The van der Waals surface area contributed by atoms with Crippen molar-refractivity contribution in [3.05, 3.63) is 54.6 Å². The molecule has 9 nitrogen and oxygen atoms in total. The van der Waals surface area contributed by atoms with E-state index in [0.29, 0.717) is 11.6 Å². The summed E-state index contributed by atoms with van der Waals surface area (Å²) in [6.45, 7) is 4.08. The standard InChI is InChI=1S/C21H19N9/c22-10-15-11-25-20(13-24-15)29-19-9-17-18(12-26-19)28-21(27-17)14-1-3-16(4-2-14)30-7-5-23-6-8-30/h1-4,9,11-13,23H,5-8H2,(H,27,28)(H,25,26,29). The minimum absolute atomic E-state index is 0.267. The first kappa shape index (κ1) is 18.0. The van der Waals surface area contributed by atoms with Gasteiger partial charge in [-0.3, -0.25) is 0 Å². The van der Waals surface area contributed by atoms with E-state index in [1.165, 1.54) is 18.1 Å². The lowest BCUT2D eigenvalue weighted by Crippen LogP contribution is -2.43. The lowest BCUT2D eigenvalue weighted by atomic mass is 10.1. The first-order chi connectivity index (χ1) is 14.8. The summed E-state index contributed by atoms with van der Waals surface area (Å²) in [7, 11) is 0. The Kier molecular flexibility index (Phi) is 4.67. The van der Waals surface area contributed by atoms with Crippen LogP contribution < -0.4 is 15.5 Å². The molecule has 0 aliphatic carbocycles. The zero-order valence-electron chi connectivity index (χ0n) is 16.1. The zero-order chi connectivity index (χ0) is 20.3. The lowest BCUT2D eigenvalue weighted by molar-refractivity contribution is 0.589. The molecule has 1 aliphatic heterocycles. The lowest BCUT2D eigenvalue weighted by Gasteiger charge is -2.29. The van der Waals surface area contributed by atoms with Crippen LogP contribution in [0.2, 0.25) is 0 Å². The van der Waals surface area contributed by atoms with Crippen molar-refractivity contribution in [3.8, 4) is 17.5 Å². The zero-order valence-corrected chi connectivity index (χ0v) is 16.1. The minimum atomic E-state index is 0.267. The van der Waals surface area contributed by atoms with Gasteiger partial charge >= 0.3 is 0 Å². The van der Waals surface area contributed by atoms with Crippen molar-refractivity contribution in [2.24, 2.45) is 0 Å². The quantitative estimate of drug-likeness (QED) is 0.480. The Morgan fingerprint density at radius 2 is 1.77 bits per heavy atom. The molecule has 30 heavy (non-hydrogen) atoms. The number of nitrogens with one attached hydrogen (secondary N) is 3. The third-order valence-corrected chi connectivity index (χ3v) is 5.01. The molecule has 9 heteroatoms. The number of hydrogen-bond acceptors (Lipinski definition) is 8. The highest BCUT2D eigenvalue weighted by atomic mass is 15.2. The molecule has 0 spiro atoms. The van der Waals surface area contributed by atoms with Gasteiger partial charge < -0.3 is 20.5 Å². The van der Waals surface area contributed by atoms with Crippen LogP contribution in [0.1, 0.15) is 5.69 Å². The first-order valence-electron chi connectivity index (χ1n) is 9.69. The second-order valence-corrected chi connectivity index (χ2v) is 6.98. The highest BCUT2D eigenvalue weighted by Gasteiger charge is 2.12. The van der Waals surface area contributed by atoms with Gasteiger partial charge in [0, 0.05) is 43.5 Å². The SMILES string of the molecule is N#Cc1cnc(Nc2cc3nc(-c4ccc(N5CCNCC5)cc4)[nH]c3cn2)cn1. The molecule has 4 aromatic rings. The number of nitriles is 1. The molecule has 0 bridgehead atoms. The van der Waals surface area contributed by atoms with E-state index < -0.39 is 0 Å². The average Bonchev–Trinajstić information content (AvgIpc) is 3.24. The van der Waals surface area contributed by atoms with Crippen molar-refractivity contribution in [3.63, 3.8) is 0 Å². The summed E-state index contributed by atoms with van der Waals surface area (Å²) in [5.74, 6) is 1.92. The predicted octanol–water partition coefficient (Wildman–Crippen LogP) is 2.44. The van der Waals surface area contributed by atoms with Gasteiger partial charge in [0.2, 0.25) is 0 Å². The summed E-state index contributed by atoms with van der Waals surface area (Å²) < 4.78 is 0. The van der Waals surface area contributed by atoms with Crippen LogP contribution in [0.3, 0.4) is 0 Å². The maximum Gasteiger partial charge on any atom is 0.158 e. The van der Waals surface area contributed by atoms with Crippen LogP contribution in [-0.2, 0) is 0 Å². The average molecular weight is 397 g/mol. The molecular weight excluding hydrogens is 378 g/mol. The van der Waals surface area contributed by atoms with E-state index in [2.05, 4.69) is 59.7 Å². The summed E-state index contributed by atoms with van der Waals surface area (Å²) in [4.78, 5) is 23.0. The van der Waals surface area contributed by atoms with Gasteiger partial charge in [-0.15, -0.1) is 0 Å². The van der Waals surface area contributed by atoms with Crippen molar-refractivity contribution in [1.29, 1.82) is 5.26 Å². The van der Waals surface area contributed by atoms with Crippen LogP contribution in [0.25, 0.3) is 22.4 Å². The molecule has 4 heterocycles. The maximum atomic E-state index is 8.81. The fraction of sp³-hybridized carbons (Fsp3) is 0.190. The number of aromatic nitrogens is 5. The normalized spacial score (nSPS) is 13.9. The third-order valence-electron chi connectivity index (χ3n) is 5.01. The monoisotopic (exact) mass is 397 g/mol. The van der Waals surface area contributed by atoms with Crippen LogP contribution in [-0.4, -0.2) is 51.1 Å². The smallest absolute Gasteiger partial charge is 0.158 e. The number of H-pyrrole nitrogens is 1. The molecule has 5 rings (SSSR count). The molecule has 0 unspecified atom stereocenters. The van der Waals surface area contributed by atoms with Gasteiger partial charge in [0.05, 0.1) is 29.6 Å². The van der Waals surface area contributed by atoms with Crippen molar-refractivity contribution in [2.75, 3.05) is 36.4 Å². The van der Waals surface area contributed by atoms with Crippen LogP contribution in [0.5, 0.6) is 0 Å². The summed E-state index contributed by atoms with van der Waals surface area (Å²) in [6.07, 6.45) is 4.65. The molecule has 1 aliphatic rings. The number of hydrogen-bond donors (Lipinski definition) is 3. The number of rotatable bonds is 4. The molecule has 0 amide bonds. The molecule has 1 saturated heterocycles. The van der Waals surface area contributed by atoms with E-state index in [4.69, 9.17) is 10.2 Å². The van der Waals surface area contributed by atoms with E-state index in [1.807, 2.05) is 12.1 Å². The highest BCUT2D eigenvalue weighted by Crippen LogP contribution is 2.25. The van der Waals surface area contributed by atoms with Crippen molar-refractivity contribution in [2.45, 2.75) is 0 Å². The number of pyridine rings is 1. The van der Waals surface area contributed by atoms with Crippen molar-refractivity contribution >= 4 is 28.4 Å². The predicted molar refractivity (Wildman–Crippen MR) is 114 cm³/mol. The summed E-state index contributed by atoms with van der Waals surface area (Å²) in [6, 6.07) is 12.3. The maximum absolute atomic E-state index is 8.81. The number of fused-ring (bicyclic) bond motifs is 1. The first-order valence-corrected chi connectivity index (χ1v) is 9.69. The Balaban J connectivity index is 1.36. The molecule has 0 saturated carbocycles. The van der Waals surface area contributed by atoms with Crippen molar-refractivity contribution < 1.29 is 0 Å². The molecule has 148 valence electrons. The van der Waals surface area contributed by atoms with E-state index in [-0.39, 0.29) is 5.69 Å². The van der Waals surface area contributed by atoms with Crippen LogP contribution in [0, 0.1) is 11.3 Å². The number of imidazole rings is 1. The molecule has 3 N–H and O–H groups in total. The second kappa shape index (κ2) is 7.77. The van der Waals surface area contributed by atoms with Gasteiger partial charge in [-0.2, -0.15) is 5.26 Å². The van der Waals surface area contributed by atoms with Crippen LogP contribution >= 0.6 is 0 Å². The van der Waals surface area contributed by atoms with Crippen molar-refractivity contribution in [1.82, 2.24) is 30.2 Å². The Hall–Kier alpha value is -4.03. The third kappa shape index (κ3) is 3.64. The van der Waals surface area contributed by atoms with Crippen LogP contribution in [0.15, 0.2) is 48.9 Å². The number of nitrogens with zero attached hydrogens (tertiary/aromatic N) is 6. The van der Waals surface area contributed by atoms with E-state index >= 15 is 0 Å². The van der Waals surface area contributed by atoms with E-state index in [0.717, 1.165) is 48.6 Å². The minimum Gasteiger partial charge on any atom is -0.369 e. The topological polar surface area (TPSA) is 118 Å². The Labute approximate surface area is 172 Å². The Bertz CT molecular complexity index is 1200. The van der Waals surface area contributed by atoms with Gasteiger partial charge in [0.1, 0.15) is 23.5 Å². The molecule has 0 radical (unpaired) electrons. The fourth-order valence-corrected chi connectivity index (χ4v) is 3.45. The van der Waals surface area contributed by atoms with Gasteiger partial charge in [0.25, 0.3) is 0 Å². The van der Waals surface area contributed by atoms with Gasteiger partial charge in [-0.25, -0.2) is 19.9 Å². The van der Waals surface area contributed by atoms with Gasteiger partial charge in [-0.1, -0.05) is 0 Å². The highest BCUT2D eigenvalue weighted by molar-refractivity contribution is 5.81. The number of aromatic amines is 1. The van der Waals surface area contributed by atoms with Gasteiger partial charge in [-0.05, 0) is 24.3 Å². The molecular formula is C21H19N9. The molecule has 3 aromatic heterocycles. The van der Waals surface area contributed by atoms with Gasteiger partial charge in [0.15, 0.2) is 5.69 Å². The summed E-state index contributed by atoms with van der Waals surface area (Å²) in [5.41, 5.74) is 4.18. The summed E-state index contributed by atoms with van der Waals surface area (Å²) in [5, 5.41) is 15.3. The molecule has 1 aromatic carbocycles.